The zero-order valence-corrected chi connectivity index (χ0v) is 10.1. The maximum absolute atomic E-state index is 11.8. The maximum atomic E-state index is 11.8. The average molecular weight is 220 g/mol. The smallest absolute Gasteiger partial charge is 0.166 e. The van der Waals surface area contributed by atoms with Crippen molar-refractivity contribution in [3.63, 3.8) is 0 Å². The van der Waals surface area contributed by atoms with E-state index in [0.29, 0.717) is 12.0 Å². The van der Waals surface area contributed by atoms with Crippen LogP contribution in [0.5, 0.6) is 5.75 Å². The third-order valence-corrected chi connectivity index (χ3v) is 2.71. The van der Waals surface area contributed by atoms with Gasteiger partial charge < -0.3 is 5.11 Å². The predicted molar refractivity (Wildman–Crippen MR) is 65.9 cm³/mol. The Balaban J connectivity index is 2.53. The number of carbonyl (C=O) groups is 1. The molecule has 0 unspecified atom stereocenters. The van der Waals surface area contributed by atoms with Gasteiger partial charge in [-0.2, -0.15) is 0 Å². The number of phenols is 1. The van der Waals surface area contributed by atoms with Crippen molar-refractivity contribution in [2.24, 2.45) is 0 Å². The molecule has 0 saturated carbocycles. The van der Waals surface area contributed by atoms with Crippen LogP contribution in [-0.2, 0) is 0 Å². The Morgan fingerprint density at radius 1 is 1.25 bits per heavy atom. The zero-order chi connectivity index (χ0) is 12.0. The molecule has 0 amide bonds. The molecule has 0 aromatic heterocycles. The number of benzene rings is 1. The van der Waals surface area contributed by atoms with Crippen LogP contribution in [0.15, 0.2) is 18.2 Å². The van der Waals surface area contributed by atoms with E-state index in [4.69, 9.17) is 0 Å². The summed E-state index contributed by atoms with van der Waals surface area (Å²) < 4.78 is 0. The molecule has 0 heterocycles. The highest BCUT2D eigenvalue weighted by Crippen LogP contribution is 2.21. The van der Waals surface area contributed by atoms with E-state index in [-0.39, 0.29) is 11.5 Å². The Bertz CT molecular complexity index is 356. The van der Waals surface area contributed by atoms with E-state index in [0.717, 1.165) is 18.4 Å². The van der Waals surface area contributed by atoms with Gasteiger partial charge in [0.25, 0.3) is 0 Å². The van der Waals surface area contributed by atoms with E-state index < -0.39 is 0 Å². The molecule has 16 heavy (non-hydrogen) atoms. The van der Waals surface area contributed by atoms with Crippen molar-refractivity contribution < 1.29 is 9.90 Å². The molecule has 0 aliphatic heterocycles. The molecular weight excluding hydrogens is 200 g/mol. The number of Topliss-reactive ketones (excluding diaryl/α,β-unsaturated/α-hetero) is 1. The Hall–Kier alpha value is -1.31. The molecule has 0 atom stereocenters. The molecule has 0 bridgehead atoms. The van der Waals surface area contributed by atoms with Crippen LogP contribution in [0.1, 0.15) is 54.9 Å². The molecule has 0 radical (unpaired) electrons. The van der Waals surface area contributed by atoms with Gasteiger partial charge in [-0.25, -0.2) is 0 Å². The minimum absolute atomic E-state index is 0.0496. The highest BCUT2D eigenvalue weighted by Gasteiger charge is 2.10. The van der Waals surface area contributed by atoms with Crippen LogP contribution >= 0.6 is 0 Å². The SMILES string of the molecule is CCCCCCC(=O)c1ccc(C)cc1O. The first kappa shape index (κ1) is 12.8. The second kappa shape index (κ2) is 6.31. The van der Waals surface area contributed by atoms with Gasteiger partial charge >= 0.3 is 0 Å². The van der Waals surface area contributed by atoms with Crippen molar-refractivity contribution in [3.05, 3.63) is 29.3 Å². The van der Waals surface area contributed by atoms with Crippen molar-refractivity contribution in [2.75, 3.05) is 0 Å². The first-order valence-electron chi connectivity index (χ1n) is 5.98. The van der Waals surface area contributed by atoms with Gasteiger partial charge in [0.2, 0.25) is 0 Å². The summed E-state index contributed by atoms with van der Waals surface area (Å²) in [6.07, 6.45) is 4.89. The highest BCUT2D eigenvalue weighted by molar-refractivity contribution is 5.98. The fraction of sp³-hybridized carbons (Fsp3) is 0.500. The minimum atomic E-state index is 0.0496. The molecule has 0 fully saturated rings. The summed E-state index contributed by atoms with van der Waals surface area (Å²) in [4.78, 5) is 11.8. The molecule has 0 aliphatic carbocycles. The van der Waals surface area contributed by atoms with Crippen LogP contribution < -0.4 is 0 Å². The lowest BCUT2D eigenvalue weighted by molar-refractivity contribution is 0.0976. The van der Waals surface area contributed by atoms with Crippen LogP contribution in [0.3, 0.4) is 0 Å². The maximum Gasteiger partial charge on any atom is 0.166 e. The average Bonchev–Trinajstić information content (AvgIpc) is 2.24. The van der Waals surface area contributed by atoms with Crippen molar-refractivity contribution in [1.29, 1.82) is 0 Å². The molecule has 2 nitrogen and oxygen atoms in total. The Labute approximate surface area is 97.3 Å². The van der Waals surface area contributed by atoms with E-state index >= 15 is 0 Å². The summed E-state index contributed by atoms with van der Waals surface area (Å²) in [5.41, 5.74) is 1.43. The van der Waals surface area contributed by atoms with E-state index in [1.54, 1.807) is 12.1 Å². The van der Waals surface area contributed by atoms with Crippen LogP contribution in [0.4, 0.5) is 0 Å². The molecule has 0 spiro atoms. The number of unbranched alkanes of at least 4 members (excludes halogenated alkanes) is 3. The van der Waals surface area contributed by atoms with Crippen LogP contribution in [0.2, 0.25) is 0 Å². The number of aryl methyl sites for hydroxylation is 1. The van der Waals surface area contributed by atoms with Gasteiger partial charge in [-0.3, -0.25) is 4.79 Å². The number of phenolic OH excluding ortho intramolecular Hbond substituents is 1. The normalized spacial score (nSPS) is 10.4. The second-order valence-electron chi connectivity index (χ2n) is 4.25. The molecule has 1 aromatic carbocycles. The van der Waals surface area contributed by atoms with Crippen LogP contribution in [0.25, 0.3) is 0 Å². The first-order valence-corrected chi connectivity index (χ1v) is 5.98. The topological polar surface area (TPSA) is 37.3 Å². The summed E-state index contributed by atoms with van der Waals surface area (Å²) in [5, 5.41) is 9.64. The summed E-state index contributed by atoms with van der Waals surface area (Å²) in [6, 6.07) is 5.21. The van der Waals surface area contributed by atoms with E-state index in [9.17, 15) is 9.90 Å². The summed E-state index contributed by atoms with van der Waals surface area (Å²) >= 11 is 0. The van der Waals surface area contributed by atoms with E-state index in [1.165, 1.54) is 12.8 Å². The van der Waals surface area contributed by atoms with Gasteiger partial charge in [-0.15, -0.1) is 0 Å². The minimum Gasteiger partial charge on any atom is -0.507 e. The molecule has 1 N–H and O–H groups in total. The van der Waals surface area contributed by atoms with Gasteiger partial charge in [0.15, 0.2) is 5.78 Å². The Morgan fingerprint density at radius 2 is 2.00 bits per heavy atom. The number of hydrogen-bond acceptors (Lipinski definition) is 2. The van der Waals surface area contributed by atoms with Gasteiger partial charge in [0.05, 0.1) is 5.56 Å². The van der Waals surface area contributed by atoms with Crippen molar-refractivity contribution in [2.45, 2.75) is 46.0 Å². The third-order valence-electron chi connectivity index (χ3n) is 2.71. The predicted octanol–water partition coefficient (Wildman–Crippen LogP) is 3.85. The number of hydrogen-bond donors (Lipinski definition) is 1. The molecular formula is C14H20O2. The lowest BCUT2D eigenvalue weighted by Gasteiger charge is -2.04. The molecule has 0 aliphatic rings. The Kier molecular flexibility index (Phi) is 5.03. The van der Waals surface area contributed by atoms with Gasteiger partial charge in [-0.1, -0.05) is 32.3 Å². The van der Waals surface area contributed by atoms with Crippen LogP contribution in [0, 0.1) is 6.92 Å². The number of ketones is 1. The Morgan fingerprint density at radius 3 is 2.62 bits per heavy atom. The number of carbonyl (C=O) groups excluding carboxylic acids is 1. The molecule has 0 saturated heterocycles. The molecule has 2 heteroatoms. The molecule has 88 valence electrons. The summed E-state index contributed by atoms with van der Waals surface area (Å²) in [6.45, 7) is 4.04. The van der Waals surface area contributed by atoms with Gasteiger partial charge in [-0.05, 0) is 31.0 Å². The second-order valence-corrected chi connectivity index (χ2v) is 4.25. The highest BCUT2D eigenvalue weighted by atomic mass is 16.3. The summed E-state index contributed by atoms with van der Waals surface area (Å²) in [5.74, 6) is 0.161. The zero-order valence-electron chi connectivity index (χ0n) is 10.1. The standard InChI is InChI=1S/C14H20O2/c1-3-4-5-6-7-13(15)12-9-8-11(2)10-14(12)16/h8-10,16H,3-7H2,1-2H3. The fourth-order valence-corrected chi connectivity index (χ4v) is 1.72. The summed E-state index contributed by atoms with van der Waals surface area (Å²) in [7, 11) is 0. The number of aromatic hydroxyl groups is 1. The number of rotatable bonds is 6. The van der Waals surface area contributed by atoms with Crippen molar-refractivity contribution in [3.8, 4) is 5.75 Å². The van der Waals surface area contributed by atoms with Crippen molar-refractivity contribution >= 4 is 5.78 Å². The lowest BCUT2D eigenvalue weighted by Crippen LogP contribution is -1.99. The first-order chi connectivity index (χ1) is 7.65. The van der Waals surface area contributed by atoms with Gasteiger partial charge in [0, 0.05) is 6.42 Å². The van der Waals surface area contributed by atoms with E-state index in [2.05, 4.69) is 6.92 Å². The van der Waals surface area contributed by atoms with Crippen molar-refractivity contribution in [1.82, 2.24) is 0 Å². The van der Waals surface area contributed by atoms with Gasteiger partial charge in [0.1, 0.15) is 5.75 Å². The quantitative estimate of drug-likeness (QED) is 0.584. The van der Waals surface area contributed by atoms with Crippen LogP contribution in [-0.4, -0.2) is 10.9 Å². The molecule has 1 aromatic rings. The lowest BCUT2D eigenvalue weighted by atomic mass is 10.0. The van der Waals surface area contributed by atoms with E-state index in [1.807, 2.05) is 13.0 Å². The fourth-order valence-electron chi connectivity index (χ4n) is 1.72. The third kappa shape index (κ3) is 3.69. The monoisotopic (exact) mass is 220 g/mol. The largest absolute Gasteiger partial charge is 0.507 e. The molecule has 1 rings (SSSR count).